The molecule has 0 saturated carbocycles. The van der Waals surface area contributed by atoms with Crippen LogP contribution in [0.2, 0.25) is 0 Å². The van der Waals surface area contributed by atoms with Gasteiger partial charge in [-0.2, -0.15) is 0 Å². The van der Waals surface area contributed by atoms with Crippen molar-refractivity contribution in [3.8, 4) is 0 Å². The molecule has 1 aliphatic heterocycles. The van der Waals surface area contributed by atoms with Gasteiger partial charge in [0.05, 0.1) is 12.2 Å². The van der Waals surface area contributed by atoms with E-state index in [0.717, 1.165) is 6.04 Å². The first-order valence-corrected chi connectivity index (χ1v) is 5.49. The topological polar surface area (TPSA) is 12.5 Å². The van der Waals surface area contributed by atoms with Crippen LogP contribution in [0.4, 0.5) is 0 Å². The van der Waals surface area contributed by atoms with Gasteiger partial charge in [-0.05, 0) is 46.7 Å². The molecular weight excluding hydrogens is 162 g/mol. The second-order valence-electron chi connectivity index (χ2n) is 4.36. The van der Waals surface area contributed by atoms with Crippen molar-refractivity contribution in [2.24, 2.45) is 0 Å². The van der Waals surface area contributed by atoms with Gasteiger partial charge in [0, 0.05) is 6.04 Å². The molecule has 0 spiro atoms. The van der Waals surface area contributed by atoms with Gasteiger partial charge in [-0.1, -0.05) is 6.92 Å². The van der Waals surface area contributed by atoms with Gasteiger partial charge >= 0.3 is 0 Å². The van der Waals surface area contributed by atoms with E-state index < -0.39 is 0 Å². The van der Waals surface area contributed by atoms with Gasteiger partial charge in [0.15, 0.2) is 0 Å². The fourth-order valence-corrected chi connectivity index (χ4v) is 2.27. The molecule has 2 unspecified atom stereocenters. The Morgan fingerprint density at radius 3 is 2.23 bits per heavy atom. The molecule has 0 aromatic rings. The summed E-state index contributed by atoms with van der Waals surface area (Å²) >= 11 is 0. The third kappa shape index (κ3) is 3.28. The number of hydrogen-bond donors (Lipinski definition) is 0. The maximum Gasteiger partial charge on any atom is 0.0565 e. The molecule has 1 fully saturated rings. The minimum atomic E-state index is 0.438. The molecule has 13 heavy (non-hydrogen) atoms. The van der Waals surface area contributed by atoms with Crippen LogP contribution >= 0.6 is 0 Å². The molecule has 2 heteroatoms. The summed E-state index contributed by atoms with van der Waals surface area (Å²) in [7, 11) is 2.24. The highest BCUT2D eigenvalue weighted by molar-refractivity contribution is 4.79. The standard InChI is InChI=1S/C11H23NO/c1-5-6-12(4)11-7-9(2)13-10(3)8-11/h9-11H,5-8H2,1-4H3. The smallest absolute Gasteiger partial charge is 0.0565 e. The van der Waals surface area contributed by atoms with E-state index in [1.165, 1.54) is 25.8 Å². The number of hydrogen-bond acceptors (Lipinski definition) is 2. The molecule has 0 aliphatic carbocycles. The Hall–Kier alpha value is -0.0800. The summed E-state index contributed by atoms with van der Waals surface area (Å²) in [6.07, 6.45) is 4.51. The van der Waals surface area contributed by atoms with Crippen molar-refractivity contribution in [2.45, 2.75) is 58.3 Å². The second kappa shape index (κ2) is 4.97. The SMILES string of the molecule is CCCN(C)C1CC(C)OC(C)C1. The molecular formula is C11H23NO. The number of rotatable bonds is 3. The molecule has 1 saturated heterocycles. The molecule has 0 radical (unpaired) electrons. The highest BCUT2D eigenvalue weighted by Crippen LogP contribution is 2.22. The first kappa shape index (κ1) is 11.0. The lowest BCUT2D eigenvalue weighted by Gasteiger charge is -2.37. The van der Waals surface area contributed by atoms with Gasteiger partial charge in [0.25, 0.3) is 0 Å². The Bertz CT molecular complexity index is 139. The first-order chi connectivity index (χ1) is 6.13. The van der Waals surface area contributed by atoms with E-state index in [9.17, 15) is 0 Å². The minimum absolute atomic E-state index is 0.438. The summed E-state index contributed by atoms with van der Waals surface area (Å²) < 4.78 is 5.72. The van der Waals surface area contributed by atoms with E-state index >= 15 is 0 Å². The Morgan fingerprint density at radius 2 is 1.77 bits per heavy atom. The molecule has 78 valence electrons. The largest absolute Gasteiger partial charge is 0.375 e. The van der Waals surface area contributed by atoms with Crippen LogP contribution in [0.5, 0.6) is 0 Å². The van der Waals surface area contributed by atoms with Crippen LogP contribution in [0, 0.1) is 0 Å². The summed E-state index contributed by atoms with van der Waals surface area (Å²) in [6, 6.07) is 0.735. The maximum absolute atomic E-state index is 5.72. The quantitative estimate of drug-likeness (QED) is 0.669. The Morgan fingerprint density at radius 1 is 1.23 bits per heavy atom. The van der Waals surface area contributed by atoms with Gasteiger partial charge < -0.3 is 9.64 Å². The summed E-state index contributed by atoms with van der Waals surface area (Å²) in [5.74, 6) is 0. The van der Waals surface area contributed by atoms with E-state index in [0.29, 0.717) is 12.2 Å². The fraction of sp³-hybridized carbons (Fsp3) is 1.00. The van der Waals surface area contributed by atoms with E-state index in [1.54, 1.807) is 0 Å². The predicted octanol–water partition coefficient (Wildman–Crippen LogP) is 2.28. The van der Waals surface area contributed by atoms with Crippen LogP contribution in [0.1, 0.15) is 40.0 Å². The molecule has 0 aromatic carbocycles. The second-order valence-corrected chi connectivity index (χ2v) is 4.36. The van der Waals surface area contributed by atoms with E-state index in [2.05, 4.69) is 32.7 Å². The highest BCUT2D eigenvalue weighted by atomic mass is 16.5. The Kier molecular flexibility index (Phi) is 4.20. The third-order valence-corrected chi connectivity index (χ3v) is 2.87. The molecule has 1 rings (SSSR count). The lowest BCUT2D eigenvalue weighted by Crippen LogP contribution is -2.42. The van der Waals surface area contributed by atoms with Crippen molar-refractivity contribution in [1.29, 1.82) is 0 Å². The van der Waals surface area contributed by atoms with E-state index in [4.69, 9.17) is 4.74 Å². The van der Waals surface area contributed by atoms with E-state index in [-0.39, 0.29) is 0 Å². The van der Waals surface area contributed by atoms with Gasteiger partial charge in [-0.25, -0.2) is 0 Å². The maximum atomic E-state index is 5.72. The van der Waals surface area contributed by atoms with Crippen molar-refractivity contribution in [3.63, 3.8) is 0 Å². The Labute approximate surface area is 82.3 Å². The van der Waals surface area contributed by atoms with Crippen LogP contribution < -0.4 is 0 Å². The number of nitrogens with zero attached hydrogens (tertiary/aromatic N) is 1. The molecule has 0 aromatic heterocycles. The lowest BCUT2D eigenvalue weighted by atomic mass is 9.98. The first-order valence-electron chi connectivity index (χ1n) is 5.49. The molecule has 0 amide bonds. The normalized spacial score (nSPS) is 35.3. The minimum Gasteiger partial charge on any atom is -0.375 e. The number of ether oxygens (including phenoxy) is 1. The summed E-state index contributed by atoms with van der Waals surface area (Å²) in [6.45, 7) is 7.82. The molecule has 2 nitrogen and oxygen atoms in total. The fourth-order valence-electron chi connectivity index (χ4n) is 2.27. The molecule has 1 heterocycles. The average molecular weight is 185 g/mol. The van der Waals surface area contributed by atoms with Crippen molar-refractivity contribution in [1.82, 2.24) is 4.90 Å². The molecule has 1 aliphatic rings. The van der Waals surface area contributed by atoms with Gasteiger partial charge in [0.1, 0.15) is 0 Å². The van der Waals surface area contributed by atoms with Gasteiger partial charge in [-0.3, -0.25) is 0 Å². The lowest BCUT2D eigenvalue weighted by molar-refractivity contribution is -0.0611. The predicted molar refractivity (Wildman–Crippen MR) is 56.0 cm³/mol. The van der Waals surface area contributed by atoms with Gasteiger partial charge in [-0.15, -0.1) is 0 Å². The van der Waals surface area contributed by atoms with Crippen molar-refractivity contribution < 1.29 is 4.74 Å². The molecule has 0 bridgehead atoms. The highest BCUT2D eigenvalue weighted by Gasteiger charge is 2.26. The zero-order chi connectivity index (χ0) is 9.84. The third-order valence-electron chi connectivity index (χ3n) is 2.87. The van der Waals surface area contributed by atoms with Crippen molar-refractivity contribution >= 4 is 0 Å². The van der Waals surface area contributed by atoms with Crippen LogP contribution in [0.15, 0.2) is 0 Å². The van der Waals surface area contributed by atoms with Crippen molar-refractivity contribution in [3.05, 3.63) is 0 Å². The zero-order valence-corrected chi connectivity index (χ0v) is 9.42. The van der Waals surface area contributed by atoms with Crippen LogP contribution in [0.25, 0.3) is 0 Å². The Balaban J connectivity index is 2.40. The monoisotopic (exact) mass is 185 g/mol. The molecule has 0 N–H and O–H groups in total. The van der Waals surface area contributed by atoms with Gasteiger partial charge in [0.2, 0.25) is 0 Å². The average Bonchev–Trinajstić information content (AvgIpc) is 2.03. The summed E-state index contributed by atoms with van der Waals surface area (Å²) in [4.78, 5) is 2.48. The van der Waals surface area contributed by atoms with Crippen LogP contribution in [0.3, 0.4) is 0 Å². The van der Waals surface area contributed by atoms with Crippen LogP contribution in [-0.2, 0) is 4.74 Å². The zero-order valence-electron chi connectivity index (χ0n) is 9.42. The van der Waals surface area contributed by atoms with Crippen molar-refractivity contribution in [2.75, 3.05) is 13.6 Å². The van der Waals surface area contributed by atoms with E-state index in [1.807, 2.05) is 0 Å². The van der Waals surface area contributed by atoms with Crippen LogP contribution in [-0.4, -0.2) is 36.7 Å². The summed E-state index contributed by atoms with van der Waals surface area (Å²) in [5.41, 5.74) is 0. The molecule has 2 atom stereocenters. The summed E-state index contributed by atoms with van der Waals surface area (Å²) in [5, 5.41) is 0.